The van der Waals surface area contributed by atoms with Crippen molar-refractivity contribution in [2.75, 3.05) is 0 Å². The minimum absolute atomic E-state index is 0.478. The van der Waals surface area contributed by atoms with Gasteiger partial charge in [-0.05, 0) is 17.5 Å². The Morgan fingerprint density at radius 1 is 1.05 bits per heavy atom. The van der Waals surface area contributed by atoms with E-state index in [4.69, 9.17) is 16.0 Å². The monoisotopic (exact) mass is 286 g/mol. The largest absolute Gasteiger partial charge is 0.464 e. The molecule has 4 aromatic rings. The number of nitrogens with zero attached hydrogens (tertiary/aromatic N) is 2. The van der Waals surface area contributed by atoms with Gasteiger partial charge in [-0.25, -0.2) is 9.97 Å². The highest BCUT2D eigenvalue weighted by Crippen LogP contribution is 2.32. The summed E-state index contributed by atoms with van der Waals surface area (Å²) in [4.78, 5) is 9.81. The van der Waals surface area contributed by atoms with Crippen molar-refractivity contribution in [1.82, 2.24) is 9.97 Å². The highest BCUT2D eigenvalue weighted by atomic mass is 35.5. The van der Waals surface area contributed by atoms with Gasteiger partial charge in [0.05, 0.1) is 5.56 Å². The van der Waals surface area contributed by atoms with E-state index in [-0.39, 0.29) is 0 Å². The van der Waals surface area contributed by atoms with Crippen LogP contribution in [0.25, 0.3) is 32.6 Å². The molecule has 0 radical (unpaired) electrons. The summed E-state index contributed by atoms with van der Waals surface area (Å²) in [6, 6.07) is 9.74. The Morgan fingerprint density at radius 2 is 1.95 bits per heavy atom. The second kappa shape index (κ2) is 4.05. The molecule has 0 bridgehead atoms. The van der Waals surface area contributed by atoms with E-state index < -0.39 is 0 Å². The van der Waals surface area contributed by atoms with Crippen LogP contribution in [0.15, 0.2) is 46.4 Å². The number of rotatable bonds is 1. The van der Waals surface area contributed by atoms with Gasteiger partial charge in [-0.2, -0.15) is 0 Å². The van der Waals surface area contributed by atoms with Crippen molar-refractivity contribution >= 4 is 44.1 Å². The van der Waals surface area contributed by atoms with Crippen molar-refractivity contribution in [3.8, 4) is 11.4 Å². The minimum Gasteiger partial charge on any atom is -0.464 e. The Balaban J connectivity index is 2.03. The van der Waals surface area contributed by atoms with Crippen LogP contribution in [0.3, 0.4) is 0 Å². The molecule has 0 saturated carbocycles. The molecule has 0 unspecified atom stereocenters. The number of hydrogen-bond acceptors (Lipinski definition) is 4. The fourth-order valence-corrected chi connectivity index (χ4v) is 3.14. The van der Waals surface area contributed by atoms with Gasteiger partial charge in [0.25, 0.3) is 0 Å². The molecule has 0 N–H and O–H groups in total. The Kier molecular flexibility index (Phi) is 2.33. The molecule has 1 aromatic carbocycles. The molecule has 0 saturated heterocycles. The first-order valence-corrected chi connectivity index (χ1v) is 6.96. The summed E-state index contributed by atoms with van der Waals surface area (Å²) in [5, 5.41) is 4.33. The lowest BCUT2D eigenvalue weighted by Gasteiger charge is -1.99. The zero-order valence-corrected chi connectivity index (χ0v) is 11.2. The van der Waals surface area contributed by atoms with Crippen LogP contribution in [0.1, 0.15) is 0 Å². The summed E-state index contributed by atoms with van der Waals surface area (Å²) in [7, 11) is 0. The average molecular weight is 287 g/mol. The number of fused-ring (bicyclic) bond motifs is 2. The van der Waals surface area contributed by atoms with Crippen molar-refractivity contribution < 1.29 is 4.42 Å². The van der Waals surface area contributed by atoms with Crippen LogP contribution in [0, 0.1) is 0 Å². The van der Waals surface area contributed by atoms with Crippen LogP contribution in [0.5, 0.6) is 0 Å². The first-order chi connectivity index (χ1) is 9.33. The van der Waals surface area contributed by atoms with Crippen molar-refractivity contribution in [2.45, 2.75) is 0 Å². The van der Waals surface area contributed by atoms with E-state index in [2.05, 4.69) is 9.97 Å². The second-order valence-corrected chi connectivity index (χ2v) is 5.38. The molecular weight excluding hydrogens is 280 g/mol. The second-order valence-electron chi connectivity index (χ2n) is 4.12. The van der Waals surface area contributed by atoms with Gasteiger partial charge < -0.3 is 4.42 Å². The van der Waals surface area contributed by atoms with E-state index in [9.17, 15) is 0 Å². The molecule has 0 aliphatic heterocycles. The molecule has 0 aliphatic carbocycles. The van der Waals surface area contributed by atoms with Crippen molar-refractivity contribution in [3.05, 3.63) is 47.1 Å². The molecular formula is C14H7ClN2OS. The third kappa shape index (κ3) is 1.64. The normalized spacial score (nSPS) is 11.4. The van der Waals surface area contributed by atoms with Crippen molar-refractivity contribution in [1.29, 1.82) is 0 Å². The van der Waals surface area contributed by atoms with Crippen LogP contribution in [0.4, 0.5) is 0 Å². The summed E-state index contributed by atoms with van der Waals surface area (Å²) in [5.74, 6) is 0.602. The molecule has 0 aliphatic rings. The van der Waals surface area contributed by atoms with Gasteiger partial charge in [0, 0.05) is 10.8 Å². The standard InChI is InChI=1S/C14H7ClN2OS/c15-12-9-5-6-19-14(9)17-13(16-12)10-7-18-11-4-2-1-3-8(10)11/h1-7H. The SMILES string of the molecule is Clc1nc(-c2coc3ccccc23)nc2sccc12. The highest BCUT2D eigenvalue weighted by molar-refractivity contribution is 7.16. The summed E-state index contributed by atoms with van der Waals surface area (Å²) < 4.78 is 5.52. The van der Waals surface area contributed by atoms with Crippen molar-refractivity contribution in [3.63, 3.8) is 0 Å². The fraction of sp³-hybridized carbons (Fsp3) is 0. The van der Waals surface area contributed by atoms with Crippen LogP contribution >= 0.6 is 22.9 Å². The topological polar surface area (TPSA) is 38.9 Å². The molecule has 0 fully saturated rings. The van der Waals surface area contributed by atoms with E-state index in [1.54, 1.807) is 17.6 Å². The van der Waals surface area contributed by atoms with Gasteiger partial charge in [0.15, 0.2) is 5.82 Å². The lowest BCUT2D eigenvalue weighted by molar-refractivity contribution is 0.616. The lowest BCUT2D eigenvalue weighted by atomic mass is 10.1. The predicted octanol–water partition coefficient (Wildman–Crippen LogP) is 4.76. The number of hydrogen-bond donors (Lipinski definition) is 0. The van der Waals surface area contributed by atoms with Crippen molar-refractivity contribution in [2.24, 2.45) is 0 Å². The Bertz CT molecular complexity index is 897. The lowest BCUT2D eigenvalue weighted by Crippen LogP contribution is -1.88. The van der Waals surface area contributed by atoms with Gasteiger partial charge in [0.1, 0.15) is 21.8 Å². The highest BCUT2D eigenvalue weighted by Gasteiger charge is 2.13. The molecule has 3 aromatic heterocycles. The molecule has 3 heterocycles. The minimum atomic E-state index is 0.478. The van der Waals surface area contributed by atoms with Crippen LogP contribution < -0.4 is 0 Å². The van der Waals surface area contributed by atoms with E-state index in [0.717, 1.165) is 26.7 Å². The zero-order valence-electron chi connectivity index (χ0n) is 9.63. The Hall–Kier alpha value is -1.91. The quantitative estimate of drug-likeness (QED) is 0.474. The van der Waals surface area contributed by atoms with E-state index in [1.807, 2.05) is 35.7 Å². The molecule has 0 amide bonds. The van der Waals surface area contributed by atoms with Gasteiger partial charge in [-0.15, -0.1) is 11.3 Å². The molecule has 5 heteroatoms. The van der Waals surface area contributed by atoms with Crippen LogP contribution in [-0.2, 0) is 0 Å². The number of halogens is 1. The maximum atomic E-state index is 6.20. The Morgan fingerprint density at radius 3 is 2.89 bits per heavy atom. The predicted molar refractivity (Wildman–Crippen MR) is 77.6 cm³/mol. The third-order valence-corrected chi connectivity index (χ3v) is 4.10. The van der Waals surface area contributed by atoms with Gasteiger partial charge in [-0.3, -0.25) is 0 Å². The van der Waals surface area contributed by atoms with Gasteiger partial charge in [0.2, 0.25) is 0 Å². The fourth-order valence-electron chi connectivity index (χ4n) is 2.09. The summed E-state index contributed by atoms with van der Waals surface area (Å²) in [6.07, 6.45) is 1.68. The molecule has 0 atom stereocenters. The third-order valence-electron chi connectivity index (χ3n) is 3.00. The van der Waals surface area contributed by atoms with Crippen LogP contribution in [-0.4, -0.2) is 9.97 Å². The molecule has 4 rings (SSSR count). The van der Waals surface area contributed by atoms with Gasteiger partial charge >= 0.3 is 0 Å². The van der Waals surface area contributed by atoms with Gasteiger partial charge in [-0.1, -0.05) is 29.8 Å². The zero-order chi connectivity index (χ0) is 12.8. The molecule has 0 spiro atoms. The number of benzene rings is 1. The summed E-state index contributed by atoms with van der Waals surface area (Å²) in [6.45, 7) is 0. The summed E-state index contributed by atoms with van der Waals surface area (Å²) in [5.41, 5.74) is 1.69. The number of thiophene rings is 1. The maximum Gasteiger partial charge on any atom is 0.166 e. The molecule has 19 heavy (non-hydrogen) atoms. The number of aromatic nitrogens is 2. The van der Waals surface area contributed by atoms with E-state index in [1.165, 1.54) is 0 Å². The summed E-state index contributed by atoms with van der Waals surface area (Å²) >= 11 is 7.75. The maximum absolute atomic E-state index is 6.20. The van der Waals surface area contributed by atoms with E-state index >= 15 is 0 Å². The molecule has 3 nitrogen and oxygen atoms in total. The smallest absolute Gasteiger partial charge is 0.166 e. The Labute approximate surface area is 117 Å². The average Bonchev–Trinajstić information content (AvgIpc) is 3.04. The first-order valence-electron chi connectivity index (χ1n) is 5.70. The number of furan rings is 1. The van der Waals surface area contributed by atoms with Crippen LogP contribution in [0.2, 0.25) is 5.15 Å². The van der Waals surface area contributed by atoms with E-state index in [0.29, 0.717) is 11.0 Å². The first kappa shape index (κ1) is 11.0. The number of para-hydroxylation sites is 1. The molecule has 92 valence electrons.